The molecule has 1 aromatic carbocycles. The zero-order valence-electron chi connectivity index (χ0n) is 14.9. The van der Waals surface area contributed by atoms with Gasteiger partial charge in [0.25, 0.3) is 0 Å². The molecule has 0 spiro atoms. The van der Waals surface area contributed by atoms with Crippen LogP contribution in [0, 0.1) is 13.8 Å². The fourth-order valence-electron chi connectivity index (χ4n) is 3.11. The lowest BCUT2D eigenvalue weighted by atomic mass is 10.1. The summed E-state index contributed by atoms with van der Waals surface area (Å²) in [6, 6.07) is 10.2. The predicted molar refractivity (Wildman–Crippen MR) is 101 cm³/mol. The number of aryl methyl sites for hydroxylation is 2. The molecule has 0 radical (unpaired) electrons. The lowest BCUT2D eigenvalue weighted by Gasteiger charge is -2.25. The number of anilines is 2. The van der Waals surface area contributed by atoms with Gasteiger partial charge in [-0.2, -0.15) is 0 Å². The quantitative estimate of drug-likeness (QED) is 0.882. The minimum Gasteiger partial charge on any atom is -0.366 e. The van der Waals surface area contributed by atoms with Gasteiger partial charge in [-0.15, -0.1) is 0 Å². The van der Waals surface area contributed by atoms with E-state index in [0.29, 0.717) is 18.8 Å². The zero-order chi connectivity index (χ0) is 18.0. The number of sulfone groups is 1. The monoisotopic (exact) mass is 360 g/mol. The van der Waals surface area contributed by atoms with Crippen molar-refractivity contribution in [2.24, 2.45) is 0 Å². The van der Waals surface area contributed by atoms with E-state index in [1.54, 1.807) is 0 Å². The van der Waals surface area contributed by atoms with Gasteiger partial charge in [0, 0.05) is 25.7 Å². The number of nitrogens with one attached hydrogen (secondary N) is 1. The van der Waals surface area contributed by atoms with Crippen LogP contribution in [-0.4, -0.2) is 43.0 Å². The summed E-state index contributed by atoms with van der Waals surface area (Å²) < 4.78 is 23.5. The highest BCUT2D eigenvalue weighted by Gasteiger charge is 2.31. The number of aromatic nitrogens is 2. The Balaban J connectivity index is 1.74. The molecule has 7 heteroatoms. The molecule has 1 saturated heterocycles. The third-order valence-electron chi connectivity index (χ3n) is 4.50. The van der Waals surface area contributed by atoms with E-state index in [9.17, 15) is 8.42 Å². The summed E-state index contributed by atoms with van der Waals surface area (Å²) in [6.45, 7) is 4.60. The Morgan fingerprint density at radius 1 is 1.24 bits per heavy atom. The molecule has 2 heterocycles. The Morgan fingerprint density at radius 3 is 2.72 bits per heavy atom. The largest absolute Gasteiger partial charge is 0.366 e. The molecular weight excluding hydrogens is 336 g/mol. The Kier molecular flexibility index (Phi) is 4.94. The highest BCUT2D eigenvalue weighted by molar-refractivity contribution is 7.91. The first-order valence-electron chi connectivity index (χ1n) is 8.41. The molecule has 134 valence electrons. The van der Waals surface area contributed by atoms with Crippen molar-refractivity contribution in [3.05, 3.63) is 47.3 Å². The molecule has 25 heavy (non-hydrogen) atoms. The van der Waals surface area contributed by atoms with Crippen LogP contribution in [0.1, 0.15) is 23.4 Å². The summed E-state index contributed by atoms with van der Waals surface area (Å²) >= 11 is 0. The Hall–Kier alpha value is -2.15. The number of rotatable bonds is 5. The summed E-state index contributed by atoms with van der Waals surface area (Å²) in [7, 11) is -1.02. The van der Waals surface area contributed by atoms with E-state index in [2.05, 4.69) is 40.4 Å². The van der Waals surface area contributed by atoms with Crippen molar-refractivity contribution in [2.45, 2.75) is 32.9 Å². The normalized spacial score (nSPS) is 18.9. The van der Waals surface area contributed by atoms with Gasteiger partial charge in [0.15, 0.2) is 9.84 Å². The molecule has 0 saturated carbocycles. The Bertz CT molecular complexity index is 867. The van der Waals surface area contributed by atoms with Crippen LogP contribution in [0.3, 0.4) is 0 Å². The highest BCUT2D eigenvalue weighted by atomic mass is 32.2. The van der Waals surface area contributed by atoms with Crippen LogP contribution in [0.15, 0.2) is 30.3 Å². The van der Waals surface area contributed by atoms with Gasteiger partial charge in [-0.1, -0.05) is 29.8 Å². The zero-order valence-corrected chi connectivity index (χ0v) is 15.7. The second-order valence-electron chi connectivity index (χ2n) is 6.67. The maximum atomic E-state index is 11.7. The van der Waals surface area contributed by atoms with E-state index >= 15 is 0 Å². The van der Waals surface area contributed by atoms with E-state index in [4.69, 9.17) is 0 Å². The number of nitrogens with zero attached hydrogens (tertiary/aromatic N) is 3. The standard InChI is InChI=1S/C18H24N4O2S/c1-13-5-4-6-15(9-13)11-19-17-10-18(21-14(2)20-17)22(3)16-7-8-25(23,24)12-16/h4-6,9-10,16H,7-8,11-12H2,1-3H3,(H,19,20,21). The molecule has 0 aliphatic carbocycles. The number of hydrogen-bond acceptors (Lipinski definition) is 6. The van der Waals surface area contributed by atoms with Crippen molar-refractivity contribution < 1.29 is 8.42 Å². The van der Waals surface area contributed by atoms with Crippen LogP contribution in [0.25, 0.3) is 0 Å². The molecule has 1 atom stereocenters. The van der Waals surface area contributed by atoms with E-state index < -0.39 is 9.84 Å². The van der Waals surface area contributed by atoms with E-state index in [0.717, 1.165) is 11.6 Å². The van der Waals surface area contributed by atoms with Crippen LogP contribution in [0.5, 0.6) is 0 Å². The summed E-state index contributed by atoms with van der Waals surface area (Å²) in [6.07, 6.45) is 0.647. The average Bonchev–Trinajstić information content (AvgIpc) is 2.92. The van der Waals surface area contributed by atoms with Crippen molar-refractivity contribution in [3.8, 4) is 0 Å². The summed E-state index contributed by atoms with van der Waals surface area (Å²) in [5, 5.41) is 3.34. The van der Waals surface area contributed by atoms with Gasteiger partial charge >= 0.3 is 0 Å². The molecular formula is C18H24N4O2S. The van der Waals surface area contributed by atoms with Crippen LogP contribution in [0.2, 0.25) is 0 Å². The first kappa shape index (κ1) is 17.7. The SMILES string of the molecule is Cc1cccc(CNc2cc(N(C)C3CCS(=O)(=O)C3)nc(C)n2)c1. The average molecular weight is 360 g/mol. The second kappa shape index (κ2) is 7.00. The minimum absolute atomic E-state index is 0.0241. The molecule has 1 N–H and O–H groups in total. The lowest BCUT2D eigenvalue weighted by molar-refractivity contribution is 0.600. The fourth-order valence-corrected chi connectivity index (χ4v) is 4.88. The Morgan fingerprint density at radius 2 is 2.04 bits per heavy atom. The van der Waals surface area contributed by atoms with Crippen molar-refractivity contribution in [1.29, 1.82) is 0 Å². The topological polar surface area (TPSA) is 75.2 Å². The molecule has 1 fully saturated rings. The Labute approximate surface area is 149 Å². The van der Waals surface area contributed by atoms with E-state index in [1.165, 1.54) is 11.1 Å². The summed E-state index contributed by atoms with van der Waals surface area (Å²) in [4.78, 5) is 10.9. The summed E-state index contributed by atoms with van der Waals surface area (Å²) in [5.41, 5.74) is 2.41. The van der Waals surface area contributed by atoms with Crippen LogP contribution >= 0.6 is 0 Å². The maximum Gasteiger partial charge on any atom is 0.152 e. The van der Waals surface area contributed by atoms with Gasteiger partial charge in [0.1, 0.15) is 17.5 Å². The second-order valence-corrected chi connectivity index (χ2v) is 8.90. The third kappa shape index (κ3) is 4.48. The van der Waals surface area contributed by atoms with Crippen molar-refractivity contribution in [2.75, 3.05) is 28.8 Å². The maximum absolute atomic E-state index is 11.7. The van der Waals surface area contributed by atoms with Gasteiger partial charge < -0.3 is 10.2 Å². The molecule has 1 aliphatic heterocycles. The fraction of sp³-hybridized carbons (Fsp3) is 0.444. The van der Waals surface area contributed by atoms with Crippen LogP contribution in [0.4, 0.5) is 11.6 Å². The van der Waals surface area contributed by atoms with Crippen LogP contribution in [-0.2, 0) is 16.4 Å². The van der Waals surface area contributed by atoms with Crippen molar-refractivity contribution in [1.82, 2.24) is 9.97 Å². The smallest absolute Gasteiger partial charge is 0.152 e. The third-order valence-corrected chi connectivity index (χ3v) is 6.25. The van der Waals surface area contributed by atoms with Gasteiger partial charge in [-0.05, 0) is 25.8 Å². The first-order valence-corrected chi connectivity index (χ1v) is 10.2. The molecule has 6 nitrogen and oxygen atoms in total. The first-order chi connectivity index (χ1) is 11.8. The van der Waals surface area contributed by atoms with Crippen molar-refractivity contribution >= 4 is 21.5 Å². The minimum atomic E-state index is -2.92. The highest BCUT2D eigenvalue weighted by Crippen LogP contribution is 2.23. The molecule has 1 aromatic heterocycles. The van der Waals surface area contributed by atoms with Crippen LogP contribution < -0.4 is 10.2 Å². The molecule has 1 unspecified atom stereocenters. The van der Waals surface area contributed by atoms with Crippen molar-refractivity contribution in [3.63, 3.8) is 0 Å². The van der Waals surface area contributed by atoms with Gasteiger partial charge in [-0.25, -0.2) is 18.4 Å². The van der Waals surface area contributed by atoms with E-state index in [-0.39, 0.29) is 17.5 Å². The van der Waals surface area contributed by atoms with Gasteiger partial charge in [0.05, 0.1) is 11.5 Å². The molecule has 2 aromatic rings. The predicted octanol–water partition coefficient (Wildman–Crippen LogP) is 2.33. The molecule has 0 amide bonds. The lowest BCUT2D eigenvalue weighted by Crippen LogP contribution is -2.33. The number of benzene rings is 1. The summed E-state index contributed by atoms with van der Waals surface area (Å²) in [5.74, 6) is 2.61. The molecule has 0 bridgehead atoms. The number of hydrogen-bond donors (Lipinski definition) is 1. The van der Waals surface area contributed by atoms with Gasteiger partial charge in [0.2, 0.25) is 0 Å². The molecule has 1 aliphatic rings. The molecule has 3 rings (SSSR count). The van der Waals surface area contributed by atoms with Gasteiger partial charge in [-0.3, -0.25) is 0 Å². The van der Waals surface area contributed by atoms with E-state index in [1.807, 2.05) is 31.0 Å².